The minimum Gasteiger partial charge on any atom is -0.292 e. The molecule has 0 spiro atoms. The number of hydrogen-bond donors (Lipinski definition) is 1. The first-order chi connectivity index (χ1) is 6.22. The summed E-state index contributed by atoms with van der Waals surface area (Å²) in [5, 5.41) is 13.8. The van der Waals surface area contributed by atoms with E-state index in [0.717, 1.165) is 19.4 Å². The molecule has 0 saturated heterocycles. The molecular formula is C7H13N5O. The molecule has 0 bridgehead atoms. The van der Waals surface area contributed by atoms with E-state index in [1.165, 1.54) is 11.7 Å². The van der Waals surface area contributed by atoms with Gasteiger partial charge in [-0.3, -0.25) is 10.1 Å². The third kappa shape index (κ3) is 3.18. The van der Waals surface area contributed by atoms with Crippen molar-refractivity contribution in [2.24, 2.45) is 0 Å². The van der Waals surface area contributed by atoms with E-state index in [1.807, 2.05) is 0 Å². The number of nitrogens with zero attached hydrogens (tertiary/aromatic N) is 4. The molecule has 6 nitrogen and oxygen atoms in total. The van der Waals surface area contributed by atoms with Crippen LogP contribution in [-0.2, 0) is 11.3 Å². The fraction of sp³-hybridized carbons (Fsp3) is 0.714. The summed E-state index contributed by atoms with van der Waals surface area (Å²) in [5.41, 5.74) is 0. The van der Waals surface area contributed by atoms with Crippen molar-refractivity contribution >= 4 is 11.9 Å². The molecule has 0 aliphatic heterocycles. The third-order valence-electron chi connectivity index (χ3n) is 1.45. The van der Waals surface area contributed by atoms with E-state index in [9.17, 15) is 4.79 Å². The molecule has 0 aliphatic carbocycles. The fourth-order valence-electron chi connectivity index (χ4n) is 0.845. The van der Waals surface area contributed by atoms with Gasteiger partial charge in [-0.2, -0.15) is 4.80 Å². The molecule has 0 atom stereocenters. The Bertz CT molecular complexity index is 282. The zero-order chi connectivity index (χ0) is 9.68. The van der Waals surface area contributed by atoms with Crippen LogP contribution in [0.15, 0.2) is 0 Å². The second kappa shape index (κ2) is 4.54. The van der Waals surface area contributed by atoms with Gasteiger partial charge in [0.1, 0.15) is 0 Å². The zero-order valence-corrected chi connectivity index (χ0v) is 7.82. The summed E-state index contributed by atoms with van der Waals surface area (Å²) in [6.07, 6.45) is 2.09. The maximum atomic E-state index is 10.6. The minimum atomic E-state index is -0.185. The van der Waals surface area contributed by atoms with E-state index in [1.54, 1.807) is 0 Å². The smallest absolute Gasteiger partial charge is 0.270 e. The van der Waals surface area contributed by atoms with E-state index in [2.05, 4.69) is 27.7 Å². The van der Waals surface area contributed by atoms with Gasteiger partial charge < -0.3 is 0 Å². The van der Waals surface area contributed by atoms with Crippen molar-refractivity contribution in [3.63, 3.8) is 0 Å². The zero-order valence-electron chi connectivity index (χ0n) is 7.82. The van der Waals surface area contributed by atoms with Crippen LogP contribution in [0.2, 0.25) is 0 Å². The third-order valence-corrected chi connectivity index (χ3v) is 1.45. The van der Waals surface area contributed by atoms with Crippen molar-refractivity contribution in [2.45, 2.75) is 33.2 Å². The number of hydrogen-bond acceptors (Lipinski definition) is 4. The summed E-state index contributed by atoms with van der Waals surface area (Å²) >= 11 is 0. The van der Waals surface area contributed by atoms with Gasteiger partial charge in [0.2, 0.25) is 5.91 Å². The van der Waals surface area contributed by atoms with Crippen molar-refractivity contribution in [3.8, 4) is 0 Å². The highest BCUT2D eigenvalue weighted by atomic mass is 16.1. The molecule has 0 fully saturated rings. The SMILES string of the molecule is CCCCn1nnc(NC(C)=O)n1. The Balaban J connectivity index is 2.48. The average molecular weight is 183 g/mol. The molecule has 1 aromatic rings. The van der Waals surface area contributed by atoms with Crippen LogP contribution < -0.4 is 5.32 Å². The van der Waals surface area contributed by atoms with Crippen LogP contribution in [0, 0.1) is 0 Å². The van der Waals surface area contributed by atoms with Gasteiger partial charge in [0.15, 0.2) is 0 Å². The number of carbonyl (C=O) groups excluding carboxylic acids is 1. The molecule has 1 aromatic heterocycles. The molecular weight excluding hydrogens is 170 g/mol. The van der Waals surface area contributed by atoms with Gasteiger partial charge >= 0.3 is 0 Å². The highest BCUT2D eigenvalue weighted by Crippen LogP contribution is 1.95. The Kier molecular flexibility index (Phi) is 3.36. The number of anilines is 1. The van der Waals surface area contributed by atoms with Gasteiger partial charge in [-0.1, -0.05) is 18.4 Å². The van der Waals surface area contributed by atoms with Crippen LogP contribution >= 0.6 is 0 Å². The summed E-state index contributed by atoms with van der Waals surface area (Å²) in [5.74, 6) is 0.0821. The van der Waals surface area contributed by atoms with Gasteiger partial charge in [0, 0.05) is 6.92 Å². The fourth-order valence-corrected chi connectivity index (χ4v) is 0.845. The highest BCUT2D eigenvalue weighted by molar-refractivity contribution is 5.86. The molecule has 0 aromatic carbocycles. The number of unbranched alkanes of at least 4 members (excludes halogenated alkanes) is 1. The van der Waals surface area contributed by atoms with Gasteiger partial charge in [-0.25, -0.2) is 0 Å². The van der Waals surface area contributed by atoms with Crippen molar-refractivity contribution < 1.29 is 4.79 Å². The Morgan fingerprint density at radius 2 is 2.38 bits per heavy atom. The Morgan fingerprint density at radius 3 is 3.00 bits per heavy atom. The first-order valence-corrected chi connectivity index (χ1v) is 4.27. The number of nitrogens with one attached hydrogen (secondary N) is 1. The second-order valence-electron chi connectivity index (χ2n) is 2.74. The van der Waals surface area contributed by atoms with Crippen LogP contribution in [0.3, 0.4) is 0 Å². The Labute approximate surface area is 76.3 Å². The van der Waals surface area contributed by atoms with E-state index in [4.69, 9.17) is 0 Å². The first kappa shape index (κ1) is 9.63. The highest BCUT2D eigenvalue weighted by Gasteiger charge is 2.02. The van der Waals surface area contributed by atoms with Crippen molar-refractivity contribution in [2.75, 3.05) is 5.32 Å². The standard InChI is InChI=1S/C7H13N5O/c1-3-4-5-12-10-7(9-11-12)8-6(2)13/h3-5H2,1-2H3,(H,8,10,13). The summed E-state index contributed by atoms with van der Waals surface area (Å²) in [7, 11) is 0. The monoisotopic (exact) mass is 183 g/mol. The molecule has 0 unspecified atom stereocenters. The van der Waals surface area contributed by atoms with Crippen LogP contribution in [0.1, 0.15) is 26.7 Å². The minimum absolute atomic E-state index is 0.185. The van der Waals surface area contributed by atoms with E-state index in [0.29, 0.717) is 0 Å². The lowest BCUT2D eigenvalue weighted by Gasteiger charge is -1.94. The van der Waals surface area contributed by atoms with Crippen molar-refractivity contribution in [3.05, 3.63) is 0 Å². The first-order valence-electron chi connectivity index (χ1n) is 4.27. The lowest BCUT2D eigenvalue weighted by atomic mass is 10.3. The topological polar surface area (TPSA) is 72.7 Å². The van der Waals surface area contributed by atoms with Crippen molar-refractivity contribution in [1.29, 1.82) is 0 Å². The maximum absolute atomic E-state index is 10.6. The van der Waals surface area contributed by atoms with Gasteiger partial charge in [0.05, 0.1) is 6.54 Å². The Hall–Kier alpha value is -1.46. The molecule has 1 amide bonds. The average Bonchev–Trinajstić information content (AvgIpc) is 2.48. The molecule has 72 valence electrons. The number of tetrazole rings is 1. The van der Waals surface area contributed by atoms with E-state index < -0.39 is 0 Å². The molecule has 0 aliphatic rings. The molecule has 13 heavy (non-hydrogen) atoms. The quantitative estimate of drug-likeness (QED) is 0.734. The molecule has 1 N–H and O–H groups in total. The number of carbonyl (C=O) groups is 1. The van der Waals surface area contributed by atoms with Gasteiger partial charge in [0.25, 0.3) is 5.95 Å². The van der Waals surface area contributed by atoms with Crippen LogP contribution in [0.25, 0.3) is 0 Å². The Morgan fingerprint density at radius 1 is 1.62 bits per heavy atom. The summed E-state index contributed by atoms with van der Waals surface area (Å²) in [6, 6.07) is 0. The molecule has 6 heteroatoms. The number of aromatic nitrogens is 4. The summed E-state index contributed by atoms with van der Waals surface area (Å²) in [4.78, 5) is 12.1. The number of rotatable bonds is 4. The maximum Gasteiger partial charge on any atom is 0.270 e. The van der Waals surface area contributed by atoms with Gasteiger partial charge in [-0.15, -0.1) is 5.10 Å². The van der Waals surface area contributed by atoms with Crippen LogP contribution in [-0.4, -0.2) is 26.1 Å². The number of aryl methyl sites for hydroxylation is 1. The van der Waals surface area contributed by atoms with Gasteiger partial charge in [-0.05, 0) is 11.6 Å². The van der Waals surface area contributed by atoms with E-state index >= 15 is 0 Å². The molecule has 1 rings (SSSR count). The molecule has 1 heterocycles. The largest absolute Gasteiger partial charge is 0.292 e. The second-order valence-corrected chi connectivity index (χ2v) is 2.74. The van der Waals surface area contributed by atoms with Crippen LogP contribution in [0.5, 0.6) is 0 Å². The number of amides is 1. The summed E-state index contributed by atoms with van der Waals surface area (Å²) < 4.78 is 0. The predicted molar refractivity (Wildman–Crippen MR) is 47.0 cm³/mol. The van der Waals surface area contributed by atoms with Crippen LogP contribution in [0.4, 0.5) is 5.95 Å². The predicted octanol–water partition coefficient (Wildman–Crippen LogP) is 0.432. The van der Waals surface area contributed by atoms with Crippen molar-refractivity contribution in [1.82, 2.24) is 20.2 Å². The lowest BCUT2D eigenvalue weighted by Crippen LogP contribution is -2.08. The normalized spacial score (nSPS) is 10.0. The lowest BCUT2D eigenvalue weighted by molar-refractivity contribution is -0.114. The summed E-state index contributed by atoms with van der Waals surface area (Å²) in [6.45, 7) is 4.24. The molecule has 0 radical (unpaired) electrons. The molecule has 0 saturated carbocycles. The van der Waals surface area contributed by atoms with E-state index in [-0.39, 0.29) is 11.9 Å².